The van der Waals surface area contributed by atoms with Crippen LogP contribution in [0.4, 0.5) is 5.00 Å². The van der Waals surface area contributed by atoms with E-state index in [-0.39, 0.29) is 24.3 Å². The van der Waals surface area contributed by atoms with Crippen LogP contribution in [-0.2, 0) is 14.3 Å². The van der Waals surface area contributed by atoms with Crippen LogP contribution in [-0.4, -0.2) is 43.5 Å². The fourth-order valence-corrected chi connectivity index (χ4v) is 2.95. The van der Waals surface area contributed by atoms with E-state index in [9.17, 15) is 9.59 Å². The molecule has 1 unspecified atom stereocenters. The van der Waals surface area contributed by atoms with Gasteiger partial charge in [0.1, 0.15) is 11.1 Å². The first-order chi connectivity index (χ1) is 9.63. The number of nitrogens with zero attached hydrogens (tertiary/aromatic N) is 2. The molecule has 106 valence electrons. The summed E-state index contributed by atoms with van der Waals surface area (Å²) in [5, 5.41) is 13.9. The molecular formula is C13H15N3O3S. The first-order valence-electron chi connectivity index (χ1n) is 6.21. The summed E-state index contributed by atoms with van der Waals surface area (Å²) in [5.74, 6) is -0.545. The zero-order valence-electron chi connectivity index (χ0n) is 11.1. The van der Waals surface area contributed by atoms with Crippen LogP contribution in [0.5, 0.6) is 0 Å². The van der Waals surface area contributed by atoms with Crippen LogP contribution in [0.25, 0.3) is 0 Å². The highest BCUT2D eigenvalue weighted by Gasteiger charge is 2.29. The van der Waals surface area contributed by atoms with Crippen LogP contribution in [0.1, 0.15) is 12.0 Å². The molecule has 1 N–H and O–H groups in total. The maximum absolute atomic E-state index is 11.9. The lowest BCUT2D eigenvalue weighted by atomic mass is 10.1. The molecular weight excluding hydrogens is 278 g/mol. The number of rotatable bonds is 4. The largest absolute Gasteiger partial charge is 0.469 e. The SMILES string of the molecule is COC(=O)C1CCN(CC(=O)Nc2sccc2C#N)C1. The van der Waals surface area contributed by atoms with E-state index in [4.69, 9.17) is 10.00 Å². The molecule has 1 aliphatic heterocycles. The molecule has 0 aliphatic carbocycles. The van der Waals surface area contributed by atoms with E-state index < -0.39 is 0 Å². The predicted molar refractivity (Wildman–Crippen MR) is 74.2 cm³/mol. The number of hydrogen-bond donors (Lipinski definition) is 1. The fraction of sp³-hybridized carbons (Fsp3) is 0.462. The molecule has 0 spiro atoms. The molecule has 0 aromatic carbocycles. The number of ether oxygens (including phenoxy) is 1. The minimum absolute atomic E-state index is 0.149. The van der Waals surface area contributed by atoms with Crippen LogP contribution in [0, 0.1) is 17.2 Å². The van der Waals surface area contributed by atoms with E-state index in [2.05, 4.69) is 5.32 Å². The standard InChI is InChI=1S/C13H15N3O3S/c1-19-13(18)10-2-4-16(7-10)8-11(17)15-12-9(6-14)3-5-20-12/h3,5,10H,2,4,7-8H2,1H3,(H,15,17). The third-order valence-corrected chi connectivity index (χ3v) is 4.04. The Morgan fingerprint density at radius 3 is 3.15 bits per heavy atom. The van der Waals surface area contributed by atoms with Gasteiger partial charge in [-0.25, -0.2) is 0 Å². The lowest BCUT2D eigenvalue weighted by molar-refractivity contribution is -0.145. The Hall–Kier alpha value is -1.91. The Morgan fingerprint density at radius 2 is 2.45 bits per heavy atom. The number of amides is 1. The van der Waals surface area contributed by atoms with Gasteiger partial charge in [-0.1, -0.05) is 0 Å². The zero-order chi connectivity index (χ0) is 14.5. The van der Waals surface area contributed by atoms with Gasteiger partial charge in [0.2, 0.25) is 5.91 Å². The van der Waals surface area contributed by atoms with Crippen molar-refractivity contribution in [3.8, 4) is 6.07 Å². The molecule has 20 heavy (non-hydrogen) atoms. The highest BCUT2D eigenvalue weighted by Crippen LogP contribution is 2.22. The monoisotopic (exact) mass is 293 g/mol. The van der Waals surface area contributed by atoms with Gasteiger partial charge < -0.3 is 10.1 Å². The lowest BCUT2D eigenvalue weighted by Gasteiger charge is -2.14. The first-order valence-corrected chi connectivity index (χ1v) is 7.09. The maximum Gasteiger partial charge on any atom is 0.310 e. The molecule has 2 heterocycles. The van der Waals surface area contributed by atoms with Crippen molar-refractivity contribution in [1.82, 2.24) is 4.90 Å². The number of esters is 1. The number of likely N-dealkylation sites (tertiary alicyclic amines) is 1. The van der Waals surface area contributed by atoms with Crippen molar-refractivity contribution in [2.24, 2.45) is 5.92 Å². The Labute approximate surface area is 120 Å². The minimum atomic E-state index is -0.224. The second kappa shape index (κ2) is 6.50. The van der Waals surface area contributed by atoms with E-state index in [1.165, 1.54) is 18.4 Å². The van der Waals surface area contributed by atoms with Crippen molar-refractivity contribution in [2.45, 2.75) is 6.42 Å². The third kappa shape index (κ3) is 3.35. The van der Waals surface area contributed by atoms with E-state index in [1.54, 1.807) is 11.4 Å². The smallest absolute Gasteiger partial charge is 0.310 e. The number of carbonyl (C=O) groups excluding carboxylic acids is 2. The van der Waals surface area contributed by atoms with E-state index >= 15 is 0 Å². The molecule has 2 rings (SSSR count). The Morgan fingerprint density at radius 1 is 1.65 bits per heavy atom. The zero-order valence-corrected chi connectivity index (χ0v) is 11.9. The Balaban J connectivity index is 1.84. The summed E-state index contributed by atoms with van der Waals surface area (Å²) in [6.07, 6.45) is 0.711. The average molecular weight is 293 g/mol. The number of carbonyl (C=O) groups is 2. The second-order valence-corrected chi connectivity index (χ2v) is 5.48. The first kappa shape index (κ1) is 14.5. The fourth-order valence-electron chi connectivity index (χ4n) is 2.20. The molecule has 1 aromatic heterocycles. The molecule has 1 amide bonds. The summed E-state index contributed by atoms with van der Waals surface area (Å²) < 4.78 is 4.70. The predicted octanol–water partition coefficient (Wildman–Crippen LogP) is 1.05. The normalized spacial score (nSPS) is 18.5. The topological polar surface area (TPSA) is 82.4 Å². The van der Waals surface area contributed by atoms with Gasteiger partial charge in [-0.2, -0.15) is 5.26 Å². The number of anilines is 1. The van der Waals surface area contributed by atoms with Gasteiger partial charge in [0, 0.05) is 6.54 Å². The van der Waals surface area contributed by atoms with Gasteiger partial charge in [-0.15, -0.1) is 11.3 Å². The van der Waals surface area contributed by atoms with Gasteiger partial charge in [0.25, 0.3) is 0 Å². The van der Waals surface area contributed by atoms with Gasteiger partial charge in [0.15, 0.2) is 0 Å². The molecule has 7 heteroatoms. The van der Waals surface area contributed by atoms with Crippen LogP contribution in [0.15, 0.2) is 11.4 Å². The van der Waals surface area contributed by atoms with Gasteiger partial charge in [-0.05, 0) is 24.4 Å². The second-order valence-electron chi connectivity index (χ2n) is 4.57. The van der Waals surface area contributed by atoms with Crippen molar-refractivity contribution in [3.05, 3.63) is 17.0 Å². The van der Waals surface area contributed by atoms with E-state index in [1.807, 2.05) is 11.0 Å². The molecule has 0 radical (unpaired) electrons. The summed E-state index contributed by atoms with van der Waals surface area (Å²) in [7, 11) is 1.37. The van der Waals surface area contributed by atoms with Crippen LogP contribution in [0.2, 0.25) is 0 Å². The summed E-state index contributed by atoms with van der Waals surface area (Å²) in [5.41, 5.74) is 0.470. The van der Waals surface area contributed by atoms with Gasteiger partial charge in [-0.3, -0.25) is 14.5 Å². The van der Waals surface area contributed by atoms with Crippen molar-refractivity contribution < 1.29 is 14.3 Å². The summed E-state index contributed by atoms with van der Waals surface area (Å²) in [6, 6.07) is 3.70. The van der Waals surface area contributed by atoms with E-state index in [0.717, 1.165) is 0 Å². The van der Waals surface area contributed by atoms with Crippen LogP contribution in [0.3, 0.4) is 0 Å². The highest BCUT2D eigenvalue weighted by molar-refractivity contribution is 7.14. The molecule has 1 aromatic rings. The number of thiophene rings is 1. The molecule has 0 saturated carbocycles. The van der Waals surface area contributed by atoms with Crippen molar-refractivity contribution in [3.63, 3.8) is 0 Å². The Kier molecular flexibility index (Phi) is 4.71. The summed E-state index contributed by atoms with van der Waals surface area (Å²) in [4.78, 5) is 25.2. The molecule has 1 saturated heterocycles. The Bertz CT molecular complexity index is 549. The maximum atomic E-state index is 11.9. The number of nitriles is 1. The molecule has 6 nitrogen and oxygen atoms in total. The number of methoxy groups -OCH3 is 1. The van der Waals surface area contributed by atoms with Crippen molar-refractivity contribution in [2.75, 3.05) is 32.1 Å². The lowest BCUT2D eigenvalue weighted by Crippen LogP contribution is -2.32. The van der Waals surface area contributed by atoms with Crippen LogP contribution >= 0.6 is 11.3 Å². The summed E-state index contributed by atoms with van der Waals surface area (Å²) >= 11 is 1.32. The van der Waals surface area contributed by atoms with Crippen molar-refractivity contribution in [1.29, 1.82) is 5.26 Å². The van der Waals surface area contributed by atoms with Crippen molar-refractivity contribution >= 4 is 28.2 Å². The quantitative estimate of drug-likeness (QED) is 0.839. The molecule has 1 aliphatic rings. The number of nitrogens with one attached hydrogen (secondary N) is 1. The average Bonchev–Trinajstić information content (AvgIpc) is 3.06. The van der Waals surface area contributed by atoms with Gasteiger partial charge >= 0.3 is 5.97 Å². The number of hydrogen-bond acceptors (Lipinski definition) is 6. The molecule has 1 fully saturated rings. The summed E-state index contributed by atoms with van der Waals surface area (Å²) in [6.45, 7) is 1.45. The molecule has 0 bridgehead atoms. The molecule has 1 atom stereocenters. The third-order valence-electron chi connectivity index (χ3n) is 3.21. The van der Waals surface area contributed by atoms with E-state index in [0.29, 0.717) is 30.1 Å². The highest BCUT2D eigenvalue weighted by atomic mass is 32.1. The van der Waals surface area contributed by atoms with Gasteiger partial charge in [0.05, 0.1) is 25.1 Å². The minimum Gasteiger partial charge on any atom is -0.469 e. The van der Waals surface area contributed by atoms with Crippen LogP contribution < -0.4 is 5.32 Å².